The molecular weight excluding hydrogens is 367 g/mol. The van der Waals surface area contributed by atoms with E-state index in [0.717, 1.165) is 18.6 Å². The van der Waals surface area contributed by atoms with Gasteiger partial charge in [-0.2, -0.15) is 0 Å². The Morgan fingerprint density at radius 2 is 1.89 bits per heavy atom. The van der Waals surface area contributed by atoms with E-state index in [1.54, 1.807) is 18.7 Å². The van der Waals surface area contributed by atoms with Crippen molar-refractivity contribution in [1.82, 2.24) is 9.62 Å². The highest BCUT2D eigenvalue weighted by molar-refractivity contribution is 7.89. The Balaban J connectivity index is 1.81. The Bertz CT molecular complexity index is 929. The minimum absolute atomic E-state index is 0.175. The summed E-state index contributed by atoms with van der Waals surface area (Å²) in [5, 5.41) is 0. The largest absolute Gasteiger partial charge is 0.338 e. The molecule has 1 aliphatic rings. The zero-order valence-corrected chi connectivity index (χ0v) is 16.2. The molecule has 7 heteroatoms. The van der Waals surface area contributed by atoms with Gasteiger partial charge in [0, 0.05) is 30.6 Å². The molecule has 0 aliphatic carbocycles. The van der Waals surface area contributed by atoms with Crippen LogP contribution in [0.25, 0.3) is 0 Å². The van der Waals surface area contributed by atoms with Crippen LogP contribution < -0.4 is 4.72 Å². The van der Waals surface area contributed by atoms with Gasteiger partial charge in [-0.1, -0.05) is 30.3 Å². The second-order valence-corrected chi connectivity index (χ2v) is 8.75. The summed E-state index contributed by atoms with van der Waals surface area (Å²) < 4.78 is 41.1. The zero-order valence-electron chi connectivity index (χ0n) is 15.4. The maximum Gasteiger partial charge on any atom is 0.253 e. The van der Waals surface area contributed by atoms with Crippen LogP contribution in [0.5, 0.6) is 0 Å². The number of nitrogens with one attached hydrogen (secondary N) is 1. The van der Waals surface area contributed by atoms with Crippen molar-refractivity contribution in [2.75, 3.05) is 13.1 Å². The molecule has 2 aromatic rings. The number of likely N-dealkylation sites (tertiary alicyclic amines) is 1. The summed E-state index contributed by atoms with van der Waals surface area (Å²) >= 11 is 0. The maximum absolute atomic E-state index is 14.1. The molecule has 1 N–H and O–H groups in total. The Kier molecular flexibility index (Phi) is 5.62. The first kappa shape index (κ1) is 19.5. The predicted octanol–water partition coefficient (Wildman–Crippen LogP) is 3.14. The number of rotatable bonds is 5. The Labute approximate surface area is 159 Å². The Morgan fingerprint density at radius 1 is 1.19 bits per heavy atom. The van der Waals surface area contributed by atoms with Crippen molar-refractivity contribution in [2.45, 2.75) is 37.1 Å². The second kappa shape index (κ2) is 7.78. The molecule has 5 nitrogen and oxygen atoms in total. The molecule has 144 valence electrons. The van der Waals surface area contributed by atoms with Gasteiger partial charge in [-0.15, -0.1) is 0 Å². The van der Waals surface area contributed by atoms with Gasteiger partial charge < -0.3 is 4.90 Å². The third-order valence-corrected chi connectivity index (χ3v) is 6.28. The number of nitrogens with zero attached hydrogens (tertiary/aromatic N) is 1. The quantitative estimate of drug-likeness (QED) is 0.853. The summed E-state index contributed by atoms with van der Waals surface area (Å²) in [4.78, 5) is 14.0. The zero-order chi connectivity index (χ0) is 19.6. The van der Waals surface area contributed by atoms with Crippen LogP contribution in [0.4, 0.5) is 4.39 Å². The van der Waals surface area contributed by atoms with Crippen LogP contribution in [-0.4, -0.2) is 38.4 Å². The van der Waals surface area contributed by atoms with E-state index in [-0.39, 0.29) is 23.4 Å². The fourth-order valence-electron chi connectivity index (χ4n) is 3.34. The van der Waals surface area contributed by atoms with E-state index in [1.165, 1.54) is 11.6 Å². The van der Waals surface area contributed by atoms with E-state index in [4.69, 9.17) is 0 Å². The van der Waals surface area contributed by atoms with Crippen molar-refractivity contribution in [1.29, 1.82) is 0 Å². The van der Waals surface area contributed by atoms with E-state index >= 15 is 0 Å². The lowest BCUT2D eigenvalue weighted by molar-refractivity contribution is 0.0790. The van der Waals surface area contributed by atoms with Crippen LogP contribution >= 0.6 is 0 Å². The average Bonchev–Trinajstić information content (AvgIpc) is 3.11. The fourth-order valence-corrected chi connectivity index (χ4v) is 4.70. The molecule has 2 aromatic carbocycles. The molecule has 1 fully saturated rings. The molecule has 27 heavy (non-hydrogen) atoms. The van der Waals surface area contributed by atoms with Crippen LogP contribution in [0, 0.1) is 5.82 Å². The molecule has 0 bridgehead atoms. The normalized spacial score (nSPS) is 17.5. The van der Waals surface area contributed by atoms with E-state index in [1.807, 2.05) is 30.3 Å². The van der Waals surface area contributed by atoms with Crippen molar-refractivity contribution in [3.8, 4) is 0 Å². The highest BCUT2D eigenvalue weighted by atomic mass is 32.2. The van der Waals surface area contributed by atoms with Crippen molar-refractivity contribution in [3.63, 3.8) is 0 Å². The van der Waals surface area contributed by atoms with Gasteiger partial charge in [0.1, 0.15) is 10.7 Å². The van der Waals surface area contributed by atoms with Crippen molar-refractivity contribution >= 4 is 15.9 Å². The second-order valence-electron chi connectivity index (χ2n) is 7.07. The molecule has 1 unspecified atom stereocenters. The average molecular weight is 390 g/mol. The Hall–Kier alpha value is -2.25. The van der Waals surface area contributed by atoms with Gasteiger partial charge in [-0.3, -0.25) is 4.79 Å². The SMILES string of the molecule is CC(C)NS(=O)(=O)c1cc(C(=O)N2CCC(c3ccccc3)C2)ccc1F. The lowest BCUT2D eigenvalue weighted by atomic mass is 9.99. The lowest BCUT2D eigenvalue weighted by Crippen LogP contribution is -2.32. The first-order chi connectivity index (χ1) is 12.8. The molecule has 0 aromatic heterocycles. The molecule has 0 saturated carbocycles. The van der Waals surface area contributed by atoms with E-state index < -0.39 is 20.7 Å². The van der Waals surface area contributed by atoms with Gasteiger partial charge in [0.05, 0.1) is 0 Å². The van der Waals surface area contributed by atoms with Gasteiger partial charge in [0.15, 0.2) is 0 Å². The maximum atomic E-state index is 14.1. The first-order valence-corrected chi connectivity index (χ1v) is 10.4. The summed E-state index contributed by atoms with van der Waals surface area (Å²) in [7, 11) is -4.02. The van der Waals surface area contributed by atoms with Crippen LogP contribution in [0.2, 0.25) is 0 Å². The third-order valence-electron chi connectivity index (χ3n) is 4.60. The van der Waals surface area contributed by atoms with E-state index in [2.05, 4.69) is 4.72 Å². The monoisotopic (exact) mass is 390 g/mol. The highest BCUT2D eigenvalue weighted by Crippen LogP contribution is 2.28. The fraction of sp³-hybridized carbons (Fsp3) is 0.350. The van der Waals surface area contributed by atoms with Crippen LogP contribution in [0.3, 0.4) is 0 Å². The molecule has 0 radical (unpaired) electrons. The molecular formula is C20H23FN2O3S. The first-order valence-electron chi connectivity index (χ1n) is 8.94. The number of carbonyl (C=O) groups is 1. The van der Waals surface area contributed by atoms with Crippen molar-refractivity contribution in [2.24, 2.45) is 0 Å². The van der Waals surface area contributed by atoms with Crippen LogP contribution in [0.15, 0.2) is 53.4 Å². The summed E-state index contributed by atoms with van der Waals surface area (Å²) in [6, 6.07) is 13.1. The molecule has 1 atom stereocenters. The summed E-state index contributed by atoms with van der Waals surface area (Å²) in [5.74, 6) is -0.904. The summed E-state index contributed by atoms with van der Waals surface area (Å²) in [6.45, 7) is 4.45. The van der Waals surface area contributed by atoms with Crippen molar-refractivity contribution in [3.05, 3.63) is 65.5 Å². The van der Waals surface area contributed by atoms with Gasteiger partial charge in [-0.05, 0) is 44.0 Å². The number of sulfonamides is 1. The summed E-state index contributed by atoms with van der Waals surface area (Å²) in [6.07, 6.45) is 0.844. The summed E-state index contributed by atoms with van der Waals surface area (Å²) in [5.41, 5.74) is 1.35. The van der Waals surface area contributed by atoms with Crippen molar-refractivity contribution < 1.29 is 17.6 Å². The van der Waals surface area contributed by atoms with Crippen LogP contribution in [0.1, 0.15) is 42.1 Å². The Morgan fingerprint density at radius 3 is 2.56 bits per heavy atom. The smallest absolute Gasteiger partial charge is 0.253 e. The highest BCUT2D eigenvalue weighted by Gasteiger charge is 2.29. The predicted molar refractivity (Wildman–Crippen MR) is 102 cm³/mol. The molecule has 1 aliphatic heterocycles. The number of amides is 1. The third kappa shape index (κ3) is 4.36. The number of hydrogen-bond donors (Lipinski definition) is 1. The topological polar surface area (TPSA) is 66.5 Å². The van der Waals surface area contributed by atoms with Gasteiger partial charge in [0.2, 0.25) is 10.0 Å². The van der Waals surface area contributed by atoms with Gasteiger partial charge in [-0.25, -0.2) is 17.5 Å². The number of benzene rings is 2. The molecule has 0 spiro atoms. The molecule has 1 amide bonds. The number of halogens is 1. The van der Waals surface area contributed by atoms with Crippen LogP contribution in [-0.2, 0) is 10.0 Å². The molecule has 1 saturated heterocycles. The minimum atomic E-state index is -4.02. The number of carbonyl (C=O) groups excluding carboxylic acids is 1. The standard InChI is InChI=1S/C20H23FN2O3S/c1-14(2)22-27(25,26)19-12-16(8-9-18(19)21)20(24)23-11-10-17(13-23)15-6-4-3-5-7-15/h3-9,12,14,17,22H,10-11,13H2,1-2H3. The van der Waals surface area contributed by atoms with Gasteiger partial charge in [0.25, 0.3) is 5.91 Å². The van der Waals surface area contributed by atoms with Gasteiger partial charge >= 0.3 is 0 Å². The van der Waals surface area contributed by atoms with E-state index in [0.29, 0.717) is 13.1 Å². The number of hydrogen-bond acceptors (Lipinski definition) is 3. The molecule has 3 rings (SSSR count). The molecule has 1 heterocycles. The minimum Gasteiger partial charge on any atom is -0.338 e. The lowest BCUT2D eigenvalue weighted by Gasteiger charge is -2.18. The van der Waals surface area contributed by atoms with E-state index in [9.17, 15) is 17.6 Å².